The summed E-state index contributed by atoms with van der Waals surface area (Å²) in [5.41, 5.74) is 0.620. The van der Waals surface area contributed by atoms with Gasteiger partial charge in [0, 0.05) is 19.8 Å². The number of hydrogen-bond donors (Lipinski definition) is 1. The van der Waals surface area contributed by atoms with Gasteiger partial charge in [-0.25, -0.2) is 0 Å². The van der Waals surface area contributed by atoms with Crippen LogP contribution in [0.15, 0.2) is 0 Å². The van der Waals surface area contributed by atoms with Crippen LogP contribution in [0.4, 0.5) is 0 Å². The molecule has 0 aromatic heterocycles. The third kappa shape index (κ3) is 2.96. The Kier molecular flexibility index (Phi) is 4.20. The molecule has 0 saturated heterocycles. The summed E-state index contributed by atoms with van der Waals surface area (Å²) in [5.74, 6) is 0. The summed E-state index contributed by atoms with van der Waals surface area (Å²) in [7, 11) is 1.79. The molecule has 0 heterocycles. The Labute approximate surface area is 82.0 Å². The number of methoxy groups -OCH3 is 1. The lowest BCUT2D eigenvalue weighted by atomic mass is 9.92. The van der Waals surface area contributed by atoms with Crippen LogP contribution in [-0.2, 0) is 4.74 Å². The zero-order chi connectivity index (χ0) is 9.73. The average Bonchev–Trinajstić information content (AvgIpc) is 2.87. The highest BCUT2D eigenvalue weighted by molar-refractivity contribution is 4.99. The van der Waals surface area contributed by atoms with E-state index in [0.29, 0.717) is 11.5 Å². The van der Waals surface area contributed by atoms with Crippen LogP contribution < -0.4 is 5.32 Å². The second-order valence-electron chi connectivity index (χ2n) is 4.24. The van der Waals surface area contributed by atoms with Crippen LogP contribution in [0.5, 0.6) is 0 Å². The summed E-state index contributed by atoms with van der Waals surface area (Å²) in [6.45, 7) is 6.51. The van der Waals surface area contributed by atoms with E-state index in [1.54, 1.807) is 7.11 Å². The highest BCUT2D eigenvalue weighted by atomic mass is 16.5. The molecule has 1 saturated carbocycles. The van der Waals surface area contributed by atoms with Crippen LogP contribution in [0.1, 0.15) is 39.5 Å². The van der Waals surface area contributed by atoms with Gasteiger partial charge in [0.2, 0.25) is 0 Å². The van der Waals surface area contributed by atoms with E-state index in [0.717, 1.165) is 13.2 Å². The average molecular weight is 185 g/mol. The van der Waals surface area contributed by atoms with Crippen LogP contribution in [0.25, 0.3) is 0 Å². The van der Waals surface area contributed by atoms with Crippen molar-refractivity contribution < 1.29 is 4.74 Å². The maximum absolute atomic E-state index is 5.08. The fourth-order valence-corrected chi connectivity index (χ4v) is 2.15. The Morgan fingerprint density at radius 1 is 1.46 bits per heavy atom. The standard InChI is InChI=1S/C11H23NO/c1-4-12-10(2)11(7-8-11)6-5-9-13-3/h10,12H,4-9H2,1-3H3. The molecule has 0 bridgehead atoms. The predicted octanol–water partition coefficient (Wildman–Crippen LogP) is 2.19. The Hall–Kier alpha value is -0.0800. The largest absolute Gasteiger partial charge is 0.385 e. The first-order chi connectivity index (χ1) is 6.25. The molecule has 1 unspecified atom stereocenters. The minimum absolute atomic E-state index is 0.620. The van der Waals surface area contributed by atoms with Gasteiger partial charge in [0.25, 0.3) is 0 Å². The quantitative estimate of drug-likeness (QED) is 0.614. The van der Waals surface area contributed by atoms with Crippen molar-refractivity contribution in [2.75, 3.05) is 20.3 Å². The van der Waals surface area contributed by atoms with Crippen LogP contribution in [0.2, 0.25) is 0 Å². The maximum atomic E-state index is 5.08. The van der Waals surface area contributed by atoms with Gasteiger partial charge in [0.05, 0.1) is 0 Å². The van der Waals surface area contributed by atoms with Gasteiger partial charge in [-0.3, -0.25) is 0 Å². The molecule has 0 amide bonds. The van der Waals surface area contributed by atoms with Gasteiger partial charge in [0.15, 0.2) is 0 Å². The molecule has 1 fully saturated rings. The molecule has 1 aliphatic carbocycles. The monoisotopic (exact) mass is 185 g/mol. The van der Waals surface area contributed by atoms with Gasteiger partial charge in [-0.1, -0.05) is 6.92 Å². The summed E-state index contributed by atoms with van der Waals surface area (Å²) in [6.07, 6.45) is 5.36. The summed E-state index contributed by atoms with van der Waals surface area (Å²) in [5, 5.41) is 3.53. The number of hydrogen-bond acceptors (Lipinski definition) is 2. The maximum Gasteiger partial charge on any atom is 0.0462 e. The Morgan fingerprint density at radius 2 is 2.15 bits per heavy atom. The van der Waals surface area contributed by atoms with Gasteiger partial charge in [-0.05, 0) is 44.6 Å². The smallest absolute Gasteiger partial charge is 0.0462 e. The second kappa shape index (κ2) is 4.97. The van der Waals surface area contributed by atoms with E-state index in [4.69, 9.17) is 4.74 Å². The van der Waals surface area contributed by atoms with E-state index in [1.165, 1.54) is 25.7 Å². The fraction of sp³-hybridized carbons (Fsp3) is 1.00. The summed E-state index contributed by atoms with van der Waals surface area (Å²) in [6, 6.07) is 0.689. The molecule has 1 aliphatic rings. The molecule has 0 aromatic rings. The second-order valence-corrected chi connectivity index (χ2v) is 4.24. The molecule has 0 radical (unpaired) electrons. The van der Waals surface area contributed by atoms with Crippen LogP contribution in [0.3, 0.4) is 0 Å². The third-order valence-electron chi connectivity index (χ3n) is 3.34. The van der Waals surface area contributed by atoms with Gasteiger partial charge < -0.3 is 10.1 Å². The highest BCUT2D eigenvalue weighted by Crippen LogP contribution is 2.52. The minimum Gasteiger partial charge on any atom is -0.385 e. The molecule has 1 rings (SSSR count). The molecule has 0 aromatic carbocycles. The van der Waals surface area contributed by atoms with Crippen molar-refractivity contribution in [2.45, 2.75) is 45.6 Å². The minimum atomic E-state index is 0.620. The fourth-order valence-electron chi connectivity index (χ4n) is 2.15. The molecule has 2 nitrogen and oxygen atoms in total. The SMILES string of the molecule is CCNC(C)C1(CCCOC)CC1. The molecule has 1 atom stereocenters. The molecule has 0 aliphatic heterocycles. The van der Waals surface area contributed by atoms with Crippen molar-refractivity contribution in [3.8, 4) is 0 Å². The first-order valence-electron chi connectivity index (χ1n) is 5.47. The lowest BCUT2D eigenvalue weighted by Crippen LogP contribution is -2.34. The van der Waals surface area contributed by atoms with Crippen LogP contribution >= 0.6 is 0 Å². The Bertz CT molecular complexity index is 143. The van der Waals surface area contributed by atoms with E-state index in [-0.39, 0.29) is 0 Å². The molecule has 13 heavy (non-hydrogen) atoms. The first kappa shape index (κ1) is 11.0. The van der Waals surface area contributed by atoms with Gasteiger partial charge >= 0.3 is 0 Å². The first-order valence-corrected chi connectivity index (χ1v) is 5.47. The zero-order valence-electron chi connectivity index (χ0n) is 9.23. The van der Waals surface area contributed by atoms with Crippen molar-refractivity contribution in [3.05, 3.63) is 0 Å². The number of rotatable bonds is 7. The molecule has 0 spiro atoms. The molecule has 78 valence electrons. The van der Waals surface area contributed by atoms with Crippen molar-refractivity contribution in [2.24, 2.45) is 5.41 Å². The predicted molar refractivity (Wildman–Crippen MR) is 55.9 cm³/mol. The van der Waals surface area contributed by atoms with Crippen molar-refractivity contribution in [3.63, 3.8) is 0 Å². The Balaban J connectivity index is 2.21. The summed E-state index contributed by atoms with van der Waals surface area (Å²) < 4.78 is 5.08. The van der Waals surface area contributed by atoms with E-state index in [1.807, 2.05) is 0 Å². The van der Waals surface area contributed by atoms with E-state index < -0.39 is 0 Å². The normalized spacial score (nSPS) is 21.5. The van der Waals surface area contributed by atoms with Gasteiger partial charge in [0.1, 0.15) is 0 Å². The van der Waals surface area contributed by atoms with E-state index in [2.05, 4.69) is 19.2 Å². The van der Waals surface area contributed by atoms with Crippen LogP contribution in [-0.4, -0.2) is 26.3 Å². The number of nitrogens with one attached hydrogen (secondary N) is 1. The van der Waals surface area contributed by atoms with Crippen molar-refractivity contribution in [1.29, 1.82) is 0 Å². The summed E-state index contributed by atoms with van der Waals surface area (Å²) >= 11 is 0. The highest BCUT2D eigenvalue weighted by Gasteiger charge is 2.45. The Morgan fingerprint density at radius 3 is 2.62 bits per heavy atom. The lowest BCUT2D eigenvalue weighted by Gasteiger charge is -2.23. The van der Waals surface area contributed by atoms with Gasteiger partial charge in [-0.2, -0.15) is 0 Å². The molecular formula is C11H23NO. The third-order valence-corrected chi connectivity index (χ3v) is 3.34. The number of ether oxygens (including phenoxy) is 1. The molecule has 1 N–H and O–H groups in total. The molecule has 2 heteroatoms. The van der Waals surface area contributed by atoms with Gasteiger partial charge in [-0.15, -0.1) is 0 Å². The lowest BCUT2D eigenvalue weighted by molar-refractivity contribution is 0.179. The van der Waals surface area contributed by atoms with Crippen LogP contribution in [0, 0.1) is 5.41 Å². The summed E-state index contributed by atoms with van der Waals surface area (Å²) in [4.78, 5) is 0. The zero-order valence-corrected chi connectivity index (χ0v) is 9.23. The van der Waals surface area contributed by atoms with Crippen molar-refractivity contribution >= 4 is 0 Å². The topological polar surface area (TPSA) is 21.3 Å². The van der Waals surface area contributed by atoms with E-state index >= 15 is 0 Å². The molecular weight excluding hydrogens is 162 g/mol. The van der Waals surface area contributed by atoms with Crippen molar-refractivity contribution in [1.82, 2.24) is 5.32 Å². The van der Waals surface area contributed by atoms with E-state index in [9.17, 15) is 0 Å².